The first kappa shape index (κ1) is 10.5. The van der Waals surface area contributed by atoms with Crippen molar-refractivity contribution in [3.8, 4) is 11.3 Å². The minimum Gasteiger partial charge on any atom is -0.390 e. The molecule has 0 spiro atoms. The molecule has 0 atom stereocenters. The summed E-state index contributed by atoms with van der Waals surface area (Å²) in [5.41, 5.74) is 3.06. The quantitative estimate of drug-likeness (QED) is 0.752. The van der Waals surface area contributed by atoms with Crippen molar-refractivity contribution in [3.63, 3.8) is 0 Å². The first-order chi connectivity index (χ1) is 8.29. The standard InChI is InChI=1S/C13H12N2OS/c1-9-12(10-5-3-2-4-6-10)15-7-11(8-16)14-13(15)17-9/h2-7,16H,8H2,1H3. The maximum Gasteiger partial charge on any atom is 0.194 e. The van der Waals surface area contributed by atoms with Gasteiger partial charge in [-0.1, -0.05) is 30.3 Å². The van der Waals surface area contributed by atoms with Gasteiger partial charge in [0.2, 0.25) is 0 Å². The van der Waals surface area contributed by atoms with Crippen LogP contribution < -0.4 is 0 Å². The molecule has 0 aliphatic carbocycles. The first-order valence-corrected chi connectivity index (χ1v) is 6.25. The summed E-state index contributed by atoms with van der Waals surface area (Å²) in [4.78, 5) is 6.54. The normalized spacial score (nSPS) is 11.2. The molecule has 0 amide bonds. The summed E-state index contributed by atoms with van der Waals surface area (Å²) in [6.07, 6.45) is 1.90. The number of benzene rings is 1. The van der Waals surface area contributed by atoms with Crippen molar-refractivity contribution >= 4 is 16.3 Å². The summed E-state index contributed by atoms with van der Waals surface area (Å²) >= 11 is 1.65. The zero-order valence-electron chi connectivity index (χ0n) is 9.42. The van der Waals surface area contributed by atoms with E-state index in [0.717, 1.165) is 10.7 Å². The third-order valence-corrected chi connectivity index (χ3v) is 3.72. The number of aromatic nitrogens is 2. The van der Waals surface area contributed by atoms with E-state index in [9.17, 15) is 0 Å². The zero-order valence-corrected chi connectivity index (χ0v) is 10.2. The summed E-state index contributed by atoms with van der Waals surface area (Å²) in [6.45, 7) is 2.09. The second kappa shape index (κ2) is 3.98. The van der Waals surface area contributed by atoms with Crippen LogP contribution in [0.25, 0.3) is 16.2 Å². The first-order valence-electron chi connectivity index (χ1n) is 5.43. The maximum absolute atomic E-state index is 9.12. The van der Waals surface area contributed by atoms with E-state index in [2.05, 4.69) is 28.4 Å². The fourth-order valence-electron chi connectivity index (χ4n) is 2.01. The number of hydrogen-bond acceptors (Lipinski definition) is 3. The van der Waals surface area contributed by atoms with E-state index in [1.165, 1.54) is 10.4 Å². The van der Waals surface area contributed by atoms with Crippen molar-refractivity contribution < 1.29 is 5.11 Å². The molecule has 0 saturated heterocycles. The van der Waals surface area contributed by atoms with Gasteiger partial charge in [-0.05, 0) is 12.5 Å². The lowest BCUT2D eigenvalue weighted by molar-refractivity contribution is 0.277. The van der Waals surface area contributed by atoms with Gasteiger partial charge < -0.3 is 5.11 Å². The van der Waals surface area contributed by atoms with E-state index in [0.29, 0.717) is 5.69 Å². The molecule has 86 valence electrons. The average molecular weight is 244 g/mol. The Morgan fingerprint density at radius 1 is 1.29 bits per heavy atom. The largest absolute Gasteiger partial charge is 0.390 e. The highest BCUT2D eigenvalue weighted by molar-refractivity contribution is 7.17. The zero-order chi connectivity index (χ0) is 11.8. The lowest BCUT2D eigenvalue weighted by Gasteiger charge is -2.01. The highest BCUT2D eigenvalue weighted by atomic mass is 32.1. The minimum atomic E-state index is -0.0122. The van der Waals surface area contributed by atoms with Crippen molar-refractivity contribution in [2.75, 3.05) is 0 Å². The molecule has 0 bridgehead atoms. The number of fused-ring (bicyclic) bond motifs is 1. The molecule has 2 aromatic heterocycles. The second-order valence-corrected chi connectivity index (χ2v) is 5.10. The lowest BCUT2D eigenvalue weighted by Crippen LogP contribution is -1.86. The fraction of sp³-hybridized carbons (Fsp3) is 0.154. The van der Waals surface area contributed by atoms with Crippen LogP contribution in [-0.2, 0) is 6.61 Å². The Bertz CT molecular complexity index is 655. The van der Waals surface area contributed by atoms with Crippen molar-refractivity contribution in [1.82, 2.24) is 9.38 Å². The summed E-state index contributed by atoms with van der Waals surface area (Å²) in [7, 11) is 0. The summed E-state index contributed by atoms with van der Waals surface area (Å²) in [5.74, 6) is 0. The number of rotatable bonds is 2. The van der Waals surface area contributed by atoms with Gasteiger partial charge in [0.25, 0.3) is 0 Å². The monoisotopic (exact) mass is 244 g/mol. The molecule has 4 heteroatoms. The molecule has 0 unspecified atom stereocenters. The Balaban J connectivity index is 2.27. The van der Waals surface area contributed by atoms with Crippen molar-refractivity contribution in [1.29, 1.82) is 0 Å². The van der Waals surface area contributed by atoms with Crippen LogP contribution in [0, 0.1) is 6.92 Å². The predicted octanol–water partition coefficient (Wildman–Crippen LogP) is 2.86. The number of thiazole rings is 1. The van der Waals surface area contributed by atoms with Crippen molar-refractivity contribution in [3.05, 3.63) is 47.1 Å². The Hall–Kier alpha value is -1.65. The predicted molar refractivity (Wildman–Crippen MR) is 69.2 cm³/mol. The van der Waals surface area contributed by atoms with E-state index in [-0.39, 0.29) is 6.61 Å². The van der Waals surface area contributed by atoms with Crippen LogP contribution in [0.2, 0.25) is 0 Å². The Morgan fingerprint density at radius 2 is 2.06 bits per heavy atom. The van der Waals surface area contributed by atoms with Crippen molar-refractivity contribution in [2.45, 2.75) is 13.5 Å². The fourth-order valence-corrected chi connectivity index (χ4v) is 3.00. The van der Waals surface area contributed by atoms with Gasteiger partial charge in [0.1, 0.15) is 0 Å². The number of aryl methyl sites for hydroxylation is 1. The number of hydrogen-bond donors (Lipinski definition) is 1. The number of aliphatic hydroxyl groups is 1. The molecule has 17 heavy (non-hydrogen) atoms. The number of imidazole rings is 1. The maximum atomic E-state index is 9.12. The summed E-state index contributed by atoms with van der Waals surface area (Å²) in [5, 5.41) is 9.12. The van der Waals surface area contributed by atoms with Gasteiger partial charge in [-0.15, -0.1) is 11.3 Å². The molecule has 0 radical (unpaired) electrons. The van der Waals surface area contributed by atoms with Gasteiger partial charge >= 0.3 is 0 Å². The molecule has 3 nitrogen and oxygen atoms in total. The Morgan fingerprint density at radius 3 is 2.76 bits per heavy atom. The lowest BCUT2D eigenvalue weighted by atomic mass is 10.1. The van der Waals surface area contributed by atoms with Gasteiger partial charge in [-0.25, -0.2) is 4.98 Å². The van der Waals surface area contributed by atoms with E-state index < -0.39 is 0 Å². The Kier molecular flexibility index (Phi) is 2.46. The van der Waals surface area contributed by atoms with Gasteiger partial charge in [-0.2, -0.15) is 0 Å². The average Bonchev–Trinajstić information content (AvgIpc) is 2.86. The van der Waals surface area contributed by atoms with E-state index >= 15 is 0 Å². The molecule has 0 saturated carbocycles. The third kappa shape index (κ3) is 1.66. The number of aliphatic hydroxyl groups excluding tert-OH is 1. The topological polar surface area (TPSA) is 37.5 Å². The van der Waals surface area contributed by atoms with Crippen LogP contribution in [0.5, 0.6) is 0 Å². The summed E-state index contributed by atoms with van der Waals surface area (Å²) < 4.78 is 2.06. The molecule has 0 aliphatic heterocycles. The van der Waals surface area contributed by atoms with Crippen LogP contribution in [-0.4, -0.2) is 14.5 Å². The van der Waals surface area contributed by atoms with Gasteiger partial charge in [0.15, 0.2) is 4.96 Å². The minimum absolute atomic E-state index is 0.0122. The van der Waals surface area contributed by atoms with E-state index in [1.807, 2.05) is 24.4 Å². The van der Waals surface area contributed by atoms with Crippen LogP contribution in [0.3, 0.4) is 0 Å². The molecule has 1 aromatic carbocycles. The van der Waals surface area contributed by atoms with Crippen LogP contribution >= 0.6 is 11.3 Å². The highest BCUT2D eigenvalue weighted by Crippen LogP contribution is 2.31. The van der Waals surface area contributed by atoms with E-state index in [1.54, 1.807) is 11.3 Å². The second-order valence-electron chi connectivity index (χ2n) is 3.92. The molecular weight excluding hydrogens is 232 g/mol. The number of nitrogens with zero attached hydrogens (tertiary/aromatic N) is 2. The molecule has 3 rings (SSSR count). The van der Waals surface area contributed by atoms with Crippen LogP contribution in [0.1, 0.15) is 10.6 Å². The van der Waals surface area contributed by atoms with Gasteiger partial charge in [0.05, 0.1) is 18.0 Å². The molecule has 0 fully saturated rings. The molecular formula is C13H12N2OS. The van der Waals surface area contributed by atoms with Gasteiger partial charge in [-0.3, -0.25) is 4.40 Å². The molecule has 0 aliphatic rings. The smallest absolute Gasteiger partial charge is 0.194 e. The van der Waals surface area contributed by atoms with E-state index in [4.69, 9.17) is 5.11 Å². The molecule has 1 N–H and O–H groups in total. The van der Waals surface area contributed by atoms with Crippen LogP contribution in [0.15, 0.2) is 36.5 Å². The van der Waals surface area contributed by atoms with Crippen LogP contribution in [0.4, 0.5) is 0 Å². The Labute approximate surface area is 103 Å². The SMILES string of the molecule is Cc1sc2nc(CO)cn2c1-c1ccccc1. The third-order valence-electron chi connectivity index (χ3n) is 2.75. The summed E-state index contributed by atoms with van der Waals surface area (Å²) in [6, 6.07) is 10.2. The molecule has 3 aromatic rings. The van der Waals surface area contributed by atoms with Gasteiger partial charge in [0, 0.05) is 11.1 Å². The highest BCUT2D eigenvalue weighted by Gasteiger charge is 2.12. The van der Waals surface area contributed by atoms with Crippen molar-refractivity contribution in [2.24, 2.45) is 0 Å². The molecule has 2 heterocycles.